The molecule has 0 spiro atoms. The number of rotatable bonds is 5. The number of hydrogen-bond acceptors (Lipinski definition) is 1. The Hall–Kier alpha value is -3.08. The van der Waals surface area contributed by atoms with Crippen molar-refractivity contribution in [2.75, 3.05) is 6.61 Å². The Morgan fingerprint density at radius 1 is 0.720 bits per heavy atom. The standard InChI is InChI=1S/C24H20O/c1-3-10-21(11-4-1)14-9-19-25-20-24-16-8-7-15-23(24)18-17-22-12-5-2-6-13-22/h1-16H,19-20H2/b14-9+. The quantitative estimate of drug-likeness (QED) is 0.456. The highest BCUT2D eigenvalue weighted by atomic mass is 16.5. The summed E-state index contributed by atoms with van der Waals surface area (Å²) in [6.07, 6.45) is 4.11. The summed E-state index contributed by atoms with van der Waals surface area (Å²) >= 11 is 0. The summed E-state index contributed by atoms with van der Waals surface area (Å²) < 4.78 is 5.78. The lowest BCUT2D eigenvalue weighted by molar-refractivity contribution is 0.149. The maximum Gasteiger partial charge on any atom is 0.0733 e. The molecule has 3 rings (SSSR count). The highest BCUT2D eigenvalue weighted by molar-refractivity contribution is 5.49. The van der Waals surface area contributed by atoms with E-state index in [-0.39, 0.29) is 0 Å². The summed E-state index contributed by atoms with van der Waals surface area (Å²) in [7, 11) is 0. The van der Waals surface area contributed by atoms with E-state index in [1.165, 1.54) is 5.56 Å². The molecule has 0 N–H and O–H groups in total. The van der Waals surface area contributed by atoms with Gasteiger partial charge in [-0.1, -0.05) is 90.7 Å². The Morgan fingerprint density at radius 2 is 1.40 bits per heavy atom. The molecule has 0 radical (unpaired) electrons. The third-order valence-corrected chi connectivity index (χ3v) is 3.71. The van der Waals surface area contributed by atoms with Crippen molar-refractivity contribution in [2.45, 2.75) is 6.61 Å². The van der Waals surface area contributed by atoms with Crippen LogP contribution in [0, 0.1) is 11.8 Å². The Balaban J connectivity index is 1.58. The van der Waals surface area contributed by atoms with Gasteiger partial charge in [0.2, 0.25) is 0 Å². The molecule has 0 atom stereocenters. The smallest absolute Gasteiger partial charge is 0.0733 e. The molecule has 0 amide bonds. The van der Waals surface area contributed by atoms with Gasteiger partial charge in [0.25, 0.3) is 0 Å². The van der Waals surface area contributed by atoms with Crippen LogP contribution in [0.1, 0.15) is 22.3 Å². The third kappa shape index (κ3) is 5.49. The van der Waals surface area contributed by atoms with Crippen molar-refractivity contribution < 1.29 is 4.74 Å². The van der Waals surface area contributed by atoms with Crippen molar-refractivity contribution >= 4 is 6.08 Å². The molecule has 0 aliphatic rings. The maximum atomic E-state index is 5.78. The number of benzene rings is 3. The van der Waals surface area contributed by atoms with Gasteiger partial charge in [0.1, 0.15) is 0 Å². The van der Waals surface area contributed by atoms with Gasteiger partial charge in [0.05, 0.1) is 13.2 Å². The molecule has 1 nitrogen and oxygen atoms in total. The molecule has 0 aliphatic heterocycles. The molecule has 122 valence electrons. The van der Waals surface area contributed by atoms with Crippen LogP contribution in [0.4, 0.5) is 0 Å². The second kappa shape index (κ2) is 9.27. The van der Waals surface area contributed by atoms with Crippen molar-refractivity contribution in [1.82, 2.24) is 0 Å². The predicted octanol–water partition coefficient (Wildman–Crippen LogP) is 5.32. The van der Waals surface area contributed by atoms with Gasteiger partial charge >= 0.3 is 0 Å². The van der Waals surface area contributed by atoms with Crippen molar-refractivity contribution in [1.29, 1.82) is 0 Å². The topological polar surface area (TPSA) is 9.23 Å². The molecule has 0 heterocycles. The largest absolute Gasteiger partial charge is 0.373 e. The van der Waals surface area contributed by atoms with Crippen molar-refractivity contribution in [3.05, 3.63) is 113 Å². The Kier molecular flexibility index (Phi) is 6.22. The van der Waals surface area contributed by atoms with E-state index in [4.69, 9.17) is 4.74 Å². The summed E-state index contributed by atoms with van der Waals surface area (Å²) in [5, 5.41) is 0. The molecular formula is C24H20O. The average molecular weight is 324 g/mol. The van der Waals surface area contributed by atoms with Crippen LogP contribution in [0.2, 0.25) is 0 Å². The van der Waals surface area contributed by atoms with Crippen LogP contribution in [0.25, 0.3) is 6.08 Å². The normalized spacial score (nSPS) is 10.4. The SMILES string of the molecule is C(#Cc1ccccc1COC/C=C/c1ccccc1)c1ccccc1. The fourth-order valence-corrected chi connectivity index (χ4v) is 2.41. The van der Waals surface area contributed by atoms with Crippen LogP contribution in [-0.2, 0) is 11.3 Å². The van der Waals surface area contributed by atoms with Crippen LogP contribution in [0.5, 0.6) is 0 Å². The first kappa shape index (κ1) is 16.8. The fourth-order valence-electron chi connectivity index (χ4n) is 2.41. The zero-order valence-corrected chi connectivity index (χ0v) is 14.1. The molecule has 0 aliphatic carbocycles. The zero-order chi connectivity index (χ0) is 17.2. The summed E-state index contributed by atoms with van der Waals surface area (Å²) in [5.74, 6) is 6.45. The summed E-state index contributed by atoms with van der Waals surface area (Å²) in [6, 6.07) is 28.4. The molecule has 3 aromatic carbocycles. The molecular weight excluding hydrogens is 304 g/mol. The van der Waals surface area contributed by atoms with Gasteiger partial charge in [-0.15, -0.1) is 0 Å². The van der Waals surface area contributed by atoms with E-state index >= 15 is 0 Å². The van der Waals surface area contributed by atoms with E-state index in [2.05, 4.69) is 36.1 Å². The lowest BCUT2D eigenvalue weighted by atomic mass is 10.1. The van der Waals surface area contributed by atoms with Crippen molar-refractivity contribution in [2.24, 2.45) is 0 Å². The lowest BCUT2D eigenvalue weighted by Crippen LogP contribution is -1.95. The molecule has 1 heteroatoms. The molecule has 25 heavy (non-hydrogen) atoms. The first-order valence-corrected chi connectivity index (χ1v) is 8.36. The fraction of sp³-hybridized carbons (Fsp3) is 0.0833. The van der Waals surface area contributed by atoms with Crippen LogP contribution in [-0.4, -0.2) is 6.61 Å². The van der Waals surface area contributed by atoms with Gasteiger partial charge in [0.15, 0.2) is 0 Å². The molecule has 0 saturated heterocycles. The molecule has 0 aromatic heterocycles. The van der Waals surface area contributed by atoms with E-state index in [1.807, 2.05) is 72.8 Å². The van der Waals surface area contributed by atoms with Crippen LogP contribution in [0.3, 0.4) is 0 Å². The molecule has 0 bridgehead atoms. The van der Waals surface area contributed by atoms with E-state index in [0.717, 1.165) is 16.7 Å². The summed E-state index contributed by atoms with van der Waals surface area (Å²) in [6.45, 7) is 1.13. The van der Waals surface area contributed by atoms with Crippen LogP contribution >= 0.6 is 0 Å². The highest BCUT2D eigenvalue weighted by Gasteiger charge is 1.98. The second-order valence-electron chi connectivity index (χ2n) is 5.60. The lowest BCUT2D eigenvalue weighted by Gasteiger charge is -2.04. The minimum atomic E-state index is 0.554. The second-order valence-corrected chi connectivity index (χ2v) is 5.60. The Labute approximate surface area is 149 Å². The van der Waals surface area contributed by atoms with Gasteiger partial charge in [0, 0.05) is 11.1 Å². The van der Waals surface area contributed by atoms with Crippen LogP contribution < -0.4 is 0 Å². The monoisotopic (exact) mass is 324 g/mol. The minimum absolute atomic E-state index is 0.554. The number of ether oxygens (including phenoxy) is 1. The van der Waals surface area contributed by atoms with Crippen LogP contribution in [0.15, 0.2) is 91.0 Å². The molecule has 3 aromatic rings. The van der Waals surface area contributed by atoms with E-state index in [9.17, 15) is 0 Å². The molecule has 0 unspecified atom stereocenters. The maximum absolute atomic E-state index is 5.78. The van der Waals surface area contributed by atoms with Gasteiger partial charge in [-0.05, 0) is 29.3 Å². The third-order valence-electron chi connectivity index (χ3n) is 3.71. The zero-order valence-electron chi connectivity index (χ0n) is 14.1. The predicted molar refractivity (Wildman–Crippen MR) is 104 cm³/mol. The minimum Gasteiger partial charge on any atom is -0.373 e. The van der Waals surface area contributed by atoms with E-state index in [0.29, 0.717) is 13.2 Å². The first-order chi connectivity index (χ1) is 12.4. The average Bonchev–Trinajstić information content (AvgIpc) is 2.68. The molecule has 0 fully saturated rings. The van der Waals surface area contributed by atoms with Gasteiger partial charge in [-0.3, -0.25) is 0 Å². The molecule has 0 saturated carbocycles. The number of hydrogen-bond donors (Lipinski definition) is 0. The highest BCUT2D eigenvalue weighted by Crippen LogP contribution is 2.10. The van der Waals surface area contributed by atoms with Crippen molar-refractivity contribution in [3.63, 3.8) is 0 Å². The van der Waals surface area contributed by atoms with E-state index < -0.39 is 0 Å². The summed E-state index contributed by atoms with van der Waals surface area (Å²) in [4.78, 5) is 0. The van der Waals surface area contributed by atoms with E-state index in [1.54, 1.807) is 0 Å². The van der Waals surface area contributed by atoms with Gasteiger partial charge < -0.3 is 4.74 Å². The van der Waals surface area contributed by atoms with Gasteiger partial charge in [-0.25, -0.2) is 0 Å². The first-order valence-electron chi connectivity index (χ1n) is 8.36. The summed E-state index contributed by atoms with van der Waals surface area (Å²) in [5.41, 5.74) is 4.32. The van der Waals surface area contributed by atoms with Gasteiger partial charge in [-0.2, -0.15) is 0 Å². The Morgan fingerprint density at radius 3 is 2.20 bits per heavy atom. The Bertz CT molecular complexity index is 868. The van der Waals surface area contributed by atoms with Crippen molar-refractivity contribution in [3.8, 4) is 11.8 Å².